The molecule has 2 aliphatic carbocycles. The largest absolute Gasteiger partial charge is 0.306 e. The topological polar surface area (TPSA) is 12.0 Å². The Morgan fingerprint density at radius 1 is 1.26 bits per heavy atom. The smallest absolute Gasteiger partial charge is 0.0445 e. The molecule has 2 saturated carbocycles. The van der Waals surface area contributed by atoms with Crippen LogP contribution in [0.1, 0.15) is 69.2 Å². The fraction of sp³-hybridized carbons (Fsp3) is 0.765. The van der Waals surface area contributed by atoms with Crippen LogP contribution in [-0.2, 0) is 0 Å². The van der Waals surface area contributed by atoms with Gasteiger partial charge >= 0.3 is 0 Å². The monoisotopic (exact) mass is 277 g/mol. The minimum atomic E-state index is 0.642. The van der Waals surface area contributed by atoms with Gasteiger partial charge in [0.2, 0.25) is 0 Å². The van der Waals surface area contributed by atoms with E-state index >= 15 is 0 Å². The minimum absolute atomic E-state index is 0.642. The Balaban J connectivity index is 1.66. The molecule has 2 fully saturated rings. The van der Waals surface area contributed by atoms with Gasteiger partial charge in [-0.15, -0.1) is 11.3 Å². The Kier molecular flexibility index (Phi) is 4.60. The number of thiophene rings is 1. The van der Waals surface area contributed by atoms with Gasteiger partial charge in [0.1, 0.15) is 0 Å². The molecule has 0 saturated heterocycles. The third-order valence-electron chi connectivity index (χ3n) is 5.25. The zero-order chi connectivity index (χ0) is 13.1. The molecule has 0 aliphatic heterocycles. The van der Waals surface area contributed by atoms with Gasteiger partial charge in [0, 0.05) is 17.0 Å². The molecule has 1 aromatic heterocycles. The average Bonchev–Trinajstić information content (AvgIpc) is 3.17. The molecule has 19 heavy (non-hydrogen) atoms. The maximum atomic E-state index is 4.04. The SMILES string of the molecule is CCC1CCC(NC(c2cccs2)C2CCCC2)C1. The van der Waals surface area contributed by atoms with Crippen LogP contribution in [0.5, 0.6) is 0 Å². The summed E-state index contributed by atoms with van der Waals surface area (Å²) in [5, 5.41) is 6.27. The van der Waals surface area contributed by atoms with Gasteiger partial charge in [0.15, 0.2) is 0 Å². The third kappa shape index (κ3) is 3.22. The summed E-state index contributed by atoms with van der Waals surface area (Å²) in [4.78, 5) is 1.58. The highest BCUT2D eigenvalue weighted by Crippen LogP contribution is 2.39. The Bertz CT molecular complexity index is 367. The molecule has 1 heterocycles. The van der Waals surface area contributed by atoms with Gasteiger partial charge in [0.25, 0.3) is 0 Å². The molecule has 1 aromatic rings. The van der Waals surface area contributed by atoms with Crippen molar-refractivity contribution in [3.63, 3.8) is 0 Å². The van der Waals surface area contributed by atoms with Crippen LogP contribution in [0.25, 0.3) is 0 Å². The lowest BCUT2D eigenvalue weighted by atomic mass is 9.95. The zero-order valence-corrected chi connectivity index (χ0v) is 12.9. The molecule has 3 atom stereocenters. The van der Waals surface area contributed by atoms with Crippen LogP contribution in [0.3, 0.4) is 0 Å². The zero-order valence-electron chi connectivity index (χ0n) is 12.1. The van der Waals surface area contributed by atoms with Crippen LogP contribution < -0.4 is 5.32 Å². The highest BCUT2D eigenvalue weighted by atomic mass is 32.1. The van der Waals surface area contributed by atoms with E-state index < -0.39 is 0 Å². The number of hydrogen-bond donors (Lipinski definition) is 1. The fourth-order valence-corrected chi connectivity index (χ4v) is 4.94. The van der Waals surface area contributed by atoms with Crippen molar-refractivity contribution in [1.29, 1.82) is 0 Å². The van der Waals surface area contributed by atoms with Crippen LogP contribution in [-0.4, -0.2) is 6.04 Å². The van der Waals surface area contributed by atoms with Gasteiger partial charge in [-0.3, -0.25) is 0 Å². The molecule has 3 unspecified atom stereocenters. The minimum Gasteiger partial charge on any atom is -0.306 e. The molecule has 106 valence electrons. The summed E-state index contributed by atoms with van der Waals surface area (Å²) in [6.07, 6.45) is 11.4. The highest BCUT2D eigenvalue weighted by Gasteiger charge is 2.31. The average molecular weight is 277 g/mol. The van der Waals surface area contributed by atoms with Gasteiger partial charge in [-0.25, -0.2) is 0 Å². The summed E-state index contributed by atoms with van der Waals surface area (Å²) in [6, 6.07) is 5.97. The van der Waals surface area contributed by atoms with Crippen molar-refractivity contribution in [2.75, 3.05) is 0 Å². The normalized spacial score (nSPS) is 29.9. The van der Waals surface area contributed by atoms with Crippen molar-refractivity contribution in [1.82, 2.24) is 5.32 Å². The summed E-state index contributed by atoms with van der Waals surface area (Å²) in [5.74, 6) is 1.87. The maximum absolute atomic E-state index is 4.04. The van der Waals surface area contributed by atoms with Gasteiger partial charge < -0.3 is 5.32 Å². The Morgan fingerprint density at radius 2 is 2.11 bits per heavy atom. The standard InChI is InChI=1S/C17H27NS/c1-2-13-9-10-15(12-13)18-17(14-6-3-4-7-14)16-8-5-11-19-16/h5,8,11,13-15,17-18H,2-4,6-7,9-10,12H2,1H3. The van der Waals surface area contributed by atoms with Gasteiger partial charge in [-0.1, -0.05) is 32.3 Å². The van der Waals surface area contributed by atoms with E-state index in [0.29, 0.717) is 6.04 Å². The molecule has 2 aliphatic rings. The molecule has 0 radical (unpaired) electrons. The molecule has 0 bridgehead atoms. The highest BCUT2D eigenvalue weighted by molar-refractivity contribution is 7.10. The maximum Gasteiger partial charge on any atom is 0.0445 e. The second-order valence-electron chi connectivity index (χ2n) is 6.49. The summed E-state index contributed by atoms with van der Waals surface area (Å²) < 4.78 is 0. The van der Waals surface area contributed by atoms with E-state index in [4.69, 9.17) is 0 Å². The quantitative estimate of drug-likeness (QED) is 0.785. The summed E-state index contributed by atoms with van der Waals surface area (Å²) in [5.41, 5.74) is 0. The molecular formula is C17H27NS. The van der Waals surface area contributed by atoms with E-state index in [1.54, 1.807) is 4.88 Å². The van der Waals surface area contributed by atoms with Crippen LogP contribution in [0, 0.1) is 11.8 Å². The van der Waals surface area contributed by atoms with Gasteiger partial charge in [0.05, 0.1) is 0 Å². The molecule has 0 amide bonds. The van der Waals surface area contributed by atoms with Gasteiger partial charge in [-0.05, 0) is 55.4 Å². The first-order valence-corrected chi connectivity index (χ1v) is 9.04. The Labute approximate surface area is 121 Å². The Hall–Kier alpha value is -0.340. The van der Waals surface area contributed by atoms with Crippen molar-refractivity contribution >= 4 is 11.3 Å². The van der Waals surface area contributed by atoms with E-state index in [1.807, 2.05) is 11.3 Å². The summed E-state index contributed by atoms with van der Waals surface area (Å²) in [6.45, 7) is 2.35. The van der Waals surface area contributed by atoms with Crippen LogP contribution in [0.4, 0.5) is 0 Å². The first-order chi connectivity index (χ1) is 9.36. The molecule has 3 rings (SSSR count). The van der Waals surface area contributed by atoms with Gasteiger partial charge in [-0.2, -0.15) is 0 Å². The van der Waals surface area contributed by atoms with E-state index in [9.17, 15) is 0 Å². The van der Waals surface area contributed by atoms with E-state index in [2.05, 4.69) is 29.8 Å². The van der Waals surface area contributed by atoms with E-state index in [-0.39, 0.29) is 0 Å². The summed E-state index contributed by atoms with van der Waals surface area (Å²) in [7, 11) is 0. The number of hydrogen-bond acceptors (Lipinski definition) is 2. The second kappa shape index (κ2) is 6.41. The van der Waals surface area contributed by atoms with Crippen LogP contribution >= 0.6 is 11.3 Å². The number of nitrogens with one attached hydrogen (secondary N) is 1. The Morgan fingerprint density at radius 3 is 2.74 bits per heavy atom. The first-order valence-electron chi connectivity index (χ1n) is 8.16. The molecule has 0 spiro atoms. The molecule has 1 N–H and O–H groups in total. The number of rotatable bonds is 5. The third-order valence-corrected chi connectivity index (χ3v) is 6.21. The van der Waals surface area contributed by atoms with Crippen molar-refractivity contribution in [3.05, 3.63) is 22.4 Å². The van der Waals surface area contributed by atoms with Crippen molar-refractivity contribution in [2.45, 2.75) is 70.4 Å². The van der Waals surface area contributed by atoms with Crippen LogP contribution in [0.2, 0.25) is 0 Å². The lowest BCUT2D eigenvalue weighted by molar-refractivity contribution is 0.328. The van der Waals surface area contributed by atoms with E-state index in [1.165, 1.54) is 51.4 Å². The first kappa shape index (κ1) is 13.6. The lowest BCUT2D eigenvalue weighted by Crippen LogP contribution is -2.34. The molecule has 0 aromatic carbocycles. The predicted octanol–water partition coefficient (Wildman–Crippen LogP) is 5.15. The molecule has 1 nitrogen and oxygen atoms in total. The fourth-order valence-electron chi connectivity index (χ4n) is 4.06. The molecule has 2 heteroatoms. The predicted molar refractivity (Wildman–Crippen MR) is 83.6 cm³/mol. The lowest BCUT2D eigenvalue weighted by Gasteiger charge is -2.27. The second-order valence-corrected chi connectivity index (χ2v) is 7.47. The van der Waals surface area contributed by atoms with Crippen molar-refractivity contribution < 1.29 is 0 Å². The summed E-state index contributed by atoms with van der Waals surface area (Å²) >= 11 is 1.95. The van der Waals surface area contributed by atoms with Crippen molar-refractivity contribution in [3.8, 4) is 0 Å². The molecular weight excluding hydrogens is 250 g/mol. The van der Waals surface area contributed by atoms with Crippen LogP contribution in [0.15, 0.2) is 17.5 Å². The van der Waals surface area contributed by atoms with E-state index in [0.717, 1.165) is 17.9 Å². The van der Waals surface area contributed by atoms with Crippen molar-refractivity contribution in [2.24, 2.45) is 11.8 Å².